The van der Waals surface area contributed by atoms with Gasteiger partial charge in [0.15, 0.2) is 5.11 Å². The van der Waals surface area contributed by atoms with Crippen LogP contribution in [0, 0.1) is 10.1 Å². The van der Waals surface area contributed by atoms with Crippen LogP contribution < -0.4 is 10.6 Å². The van der Waals surface area contributed by atoms with Gasteiger partial charge >= 0.3 is 0 Å². The first-order valence-electron chi connectivity index (χ1n) is 6.23. The molecule has 0 spiro atoms. The fourth-order valence-electron chi connectivity index (χ4n) is 1.61. The number of nitrogens with one attached hydrogen (secondary N) is 2. The number of hydrogen-bond donors (Lipinski definition) is 2. The highest BCUT2D eigenvalue weighted by atomic mass is 35.5. The van der Waals surface area contributed by atoms with E-state index in [1.807, 2.05) is 0 Å². The first kappa shape index (κ1) is 16.7. The van der Waals surface area contributed by atoms with Gasteiger partial charge in [-0.25, -0.2) is 0 Å². The minimum atomic E-state index is -0.602. The molecule has 2 rings (SSSR count). The number of furan rings is 1. The maximum atomic E-state index is 11.7. The molecule has 1 amide bonds. The van der Waals surface area contributed by atoms with Gasteiger partial charge in [-0.3, -0.25) is 20.2 Å². The molecule has 0 atom stereocenters. The summed E-state index contributed by atoms with van der Waals surface area (Å²) in [7, 11) is 0. The lowest BCUT2D eigenvalue weighted by atomic mass is 10.2. The smallest absolute Gasteiger partial charge is 0.294 e. The fraction of sp³-hybridized carbons (Fsp3) is 0. The van der Waals surface area contributed by atoms with Gasteiger partial charge in [-0.05, 0) is 42.6 Å². The van der Waals surface area contributed by atoms with E-state index in [0.717, 1.165) is 0 Å². The van der Waals surface area contributed by atoms with E-state index in [1.165, 1.54) is 36.6 Å². The number of thiocarbonyl (C=S) groups is 1. The normalized spacial score (nSPS) is 10.5. The molecule has 23 heavy (non-hydrogen) atoms. The molecule has 1 aromatic heterocycles. The molecule has 0 unspecified atom stereocenters. The summed E-state index contributed by atoms with van der Waals surface area (Å²) in [5.74, 6) is 0.00267. The van der Waals surface area contributed by atoms with Crippen molar-refractivity contribution in [3.8, 4) is 0 Å². The van der Waals surface area contributed by atoms with Gasteiger partial charge in [-0.15, -0.1) is 0 Å². The summed E-state index contributed by atoms with van der Waals surface area (Å²) in [5, 5.41) is 16.1. The maximum Gasteiger partial charge on any atom is 0.294 e. The van der Waals surface area contributed by atoms with E-state index in [2.05, 4.69) is 10.6 Å². The number of anilines is 1. The van der Waals surface area contributed by atoms with Crippen molar-refractivity contribution in [3.63, 3.8) is 0 Å². The summed E-state index contributed by atoms with van der Waals surface area (Å²) in [6.45, 7) is 0. The van der Waals surface area contributed by atoms with E-state index in [1.54, 1.807) is 12.1 Å². The Kier molecular flexibility index (Phi) is 5.45. The van der Waals surface area contributed by atoms with Crippen molar-refractivity contribution < 1.29 is 14.1 Å². The molecule has 2 N–H and O–H groups in total. The Hall–Kier alpha value is -2.71. The van der Waals surface area contributed by atoms with Gasteiger partial charge in [0.1, 0.15) is 11.4 Å². The van der Waals surface area contributed by atoms with Crippen molar-refractivity contribution in [3.05, 3.63) is 63.6 Å². The van der Waals surface area contributed by atoms with Gasteiger partial charge in [0.05, 0.1) is 11.2 Å². The van der Waals surface area contributed by atoms with E-state index < -0.39 is 10.8 Å². The van der Waals surface area contributed by atoms with Crippen molar-refractivity contribution in [2.24, 2.45) is 0 Å². The third-order valence-corrected chi connectivity index (χ3v) is 3.02. The van der Waals surface area contributed by atoms with E-state index in [9.17, 15) is 14.9 Å². The highest BCUT2D eigenvalue weighted by molar-refractivity contribution is 7.80. The van der Waals surface area contributed by atoms with Gasteiger partial charge in [0, 0.05) is 17.2 Å². The van der Waals surface area contributed by atoms with Crippen molar-refractivity contribution in [1.29, 1.82) is 0 Å². The summed E-state index contributed by atoms with van der Waals surface area (Å²) in [5.41, 5.74) is -0.125. The standard InChI is InChI=1S/C14H10ClN3O4S/c15-9-3-5-11(12(8-9)18(20)21)16-14(23)17-13(19)6-4-10-2-1-7-22-10/h1-8H,(H2,16,17,19,23)/b6-4+. The molecule has 0 aliphatic heterocycles. The van der Waals surface area contributed by atoms with Crippen LogP contribution in [0.25, 0.3) is 6.08 Å². The first-order valence-corrected chi connectivity index (χ1v) is 7.02. The van der Waals surface area contributed by atoms with Crippen LogP contribution >= 0.6 is 23.8 Å². The molecule has 1 heterocycles. The van der Waals surface area contributed by atoms with Crippen LogP contribution in [0.15, 0.2) is 47.1 Å². The van der Waals surface area contributed by atoms with Crippen molar-refractivity contribution >= 4 is 52.3 Å². The molecule has 0 saturated carbocycles. The summed E-state index contributed by atoms with van der Waals surface area (Å²) in [6, 6.07) is 7.42. The van der Waals surface area contributed by atoms with Crippen molar-refractivity contribution in [1.82, 2.24) is 5.32 Å². The van der Waals surface area contributed by atoms with Crippen molar-refractivity contribution in [2.75, 3.05) is 5.32 Å². The van der Waals surface area contributed by atoms with Gasteiger partial charge in [0.25, 0.3) is 5.69 Å². The number of rotatable bonds is 4. The predicted octanol–water partition coefficient (Wildman–Crippen LogP) is 3.37. The quantitative estimate of drug-likeness (QED) is 0.379. The first-order chi connectivity index (χ1) is 11.0. The van der Waals surface area contributed by atoms with E-state index in [-0.39, 0.29) is 21.5 Å². The predicted molar refractivity (Wildman–Crippen MR) is 90.2 cm³/mol. The number of nitro groups is 1. The van der Waals surface area contributed by atoms with Crippen LogP contribution in [0.3, 0.4) is 0 Å². The fourth-order valence-corrected chi connectivity index (χ4v) is 1.99. The number of carbonyl (C=O) groups excluding carboxylic acids is 1. The Morgan fingerprint density at radius 3 is 2.83 bits per heavy atom. The molecule has 118 valence electrons. The number of nitro benzene ring substituents is 1. The summed E-state index contributed by atoms with van der Waals surface area (Å²) in [6.07, 6.45) is 4.16. The number of carbonyl (C=O) groups is 1. The zero-order valence-electron chi connectivity index (χ0n) is 11.5. The van der Waals surface area contributed by atoms with Gasteiger partial charge in [-0.1, -0.05) is 11.6 Å². The number of halogens is 1. The summed E-state index contributed by atoms with van der Waals surface area (Å²) in [4.78, 5) is 22.1. The molecule has 9 heteroatoms. The monoisotopic (exact) mass is 351 g/mol. The lowest BCUT2D eigenvalue weighted by molar-refractivity contribution is -0.383. The van der Waals surface area contributed by atoms with Crippen molar-refractivity contribution in [2.45, 2.75) is 0 Å². The highest BCUT2D eigenvalue weighted by Crippen LogP contribution is 2.27. The summed E-state index contributed by atoms with van der Waals surface area (Å²) < 4.78 is 5.04. The minimum Gasteiger partial charge on any atom is -0.465 e. The second kappa shape index (κ2) is 7.52. The Bertz CT molecular complexity index is 774. The Morgan fingerprint density at radius 1 is 1.39 bits per heavy atom. The maximum absolute atomic E-state index is 11.7. The van der Waals surface area contributed by atoms with Crippen LogP contribution in [-0.4, -0.2) is 15.9 Å². The van der Waals surface area contributed by atoms with Crippen LogP contribution in [0.4, 0.5) is 11.4 Å². The SMILES string of the molecule is O=C(/C=C/c1ccco1)NC(=S)Nc1ccc(Cl)cc1[N+](=O)[O-]. The number of nitrogens with zero attached hydrogens (tertiary/aromatic N) is 1. The second-order valence-electron chi connectivity index (χ2n) is 4.21. The zero-order chi connectivity index (χ0) is 16.8. The molecule has 0 fully saturated rings. The van der Waals surface area contributed by atoms with Gasteiger partial charge in [0.2, 0.25) is 5.91 Å². The Labute approximate surface area is 141 Å². The van der Waals surface area contributed by atoms with E-state index >= 15 is 0 Å². The molecule has 1 aromatic carbocycles. The molecule has 2 aromatic rings. The summed E-state index contributed by atoms with van der Waals surface area (Å²) >= 11 is 10.7. The minimum absolute atomic E-state index is 0.0792. The van der Waals surface area contributed by atoms with Gasteiger partial charge < -0.3 is 9.73 Å². The molecule has 0 bridgehead atoms. The third-order valence-electron chi connectivity index (χ3n) is 2.58. The average molecular weight is 352 g/mol. The zero-order valence-corrected chi connectivity index (χ0v) is 13.1. The Morgan fingerprint density at radius 2 is 2.17 bits per heavy atom. The number of amides is 1. The lowest BCUT2D eigenvalue weighted by Gasteiger charge is -2.08. The molecule has 0 aliphatic carbocycles. The third kappa shape index (κ3) is 4.90. The highest BCUT2D eigenvalue weighted by Gasteiger charge is 2.15. The topological polar surface area (TPSA) is 97.4 Å². The molecule has 0 saturated heterocycles. The molecule has 0 radical (unpaired) electrons. The van der Waals surface area contributed by atoms with Crippen LogP contribution in [0.2, 0.25) is 5.02 Å². The molecular formula is C14H10ClN3O4S. The average Bonchev–Trinajstić information content (AvgIpc) is 3.00. The van der Waals surface area contributed by atoms with Crippen LogP contribution in [0.1, 0.15) is 5.76 Å². The van der Waals surface area contributed by atoms with E-state index in [4.69, 9.17) is 28.2 Å². The molecule has 0 aliphatic rings. The van der Waals surface area contributed by atoms with E-state index in [0.29, 0.717) is 5.76 Å². The molecule has 7 nitrogen and oxygen atoms in total. The lowest BCUT2D eigenvalue weighted by Crippen LogP contribution is -2.33. The number of benzene rings is 1. The number of hydrogen-bond acceptors (Lipinski definition) is 5. The Balaban J connectivity index is 2.00. The largest absolute Gasteiger partial charge is 0.465 e. The van der Waals surface area contributed by atoms with Gasteiger partial charge in [-0.2, -0.15) is 0 Å². The second-order valence-corrected chi connectivity index (χ2v) is 5.06. The van der Waals surface area contributed by atoms with Crippen LogP contribution in [-0.2, 0) is 4.79 Å². The van der Waals surface area contributed by atoms with Crippen LogP contribution in [0.5, 0.6) is 0 Å². The molecular weight excluding hydrogens is 342 g/mol.